The molecule has 0 saturated heterocycles. The summed E-state index contributed by atoms with van der Waals surface area (Å²) in [5, 5.41) is 0. The normalized spacial score (nSPS) is 9.77. The third-order valence-corrected chi connectivity index (χ3v) is 1.49. The molecule has 0 amide bonds. The third-order valence-electron chi connectivity index (χ3n) is 1.49. The van der Waals surface area contributed by atoms with Gasteiger partial charge in [-0.2, -0.15) is 0 Å². The van der Waals surface area contributed by atoms with Crippen molar-refractivity contribution < 1.29 is 13.9 Å². The third kappa shape index (κ3) is 2.52. The van der Waals surface area contributed by atoms with E-state index in [2.05, 4.69) is 4.74 Å². The number of rotatable bonds is 2. The van der Waals surface area contributed by atoms with Crippen molar-refractivity contribution in [3.8, 4) is 5.75 Å². The Morgan fingerprint density at radius 1 is 1.62 bits per heavy atom. The summed E-state index contributed by atoms with van der Waals surface area (Å²) in [5.74, 6) is -1.18. The molecule has 0 aliphatic heterocycles. The van der Waals surface area contributed by atoms with E-state index in [9.17, 15) is 9.18 Å². The molecule has 0 saturated carbocycles. The summed E-state index contributed by atoms with van der Waals surface area (Å²) in [7, 11) is 0. The molecule has 0 aliphatic carbocycles. The summed E-state index contributed by atoms with van der Waals surface area (Å²) in [4.78, 5) is 10.5. The minimum Gasteiger partial charge on any atom is -0.424 e. The van der Waals surface area contributed by atoms with Crippen LogP contribution in [-0.2, 0) is 11.3 Å². The van der Waals surface area contributed by atoms with Crippen LogP contribution in [0.1, 0.15) is 12.5 Å². The molecule has 2 N–H and O–H groups in total. The number of nitrogens with two attached hydrogens (primary N) is 1. The number of halogens is 1. The van der Waals surface area contributed by atoms with Crippen molar-refractivity contribution in [3.63, 3.8) is 0 Å². The van der Waals surface area contributed by atoms with Gasteiger partial charge in [0.1, 0.15) is 0 Å². The van der Waals surface area contributed by atoms with Gasteiger partial charge in [0, 0.05) is 13.5 Å². The Balaban J connectivity index is 2.96. The SMILES string of the molecule is CC(=O)Oc1cc(CN)ccc1F. The number of carbonyl (C=O) groups is 1. The standard InChI is InChI=1S/C9H10FNO2/c1-6(12)13-9-4-7(5-11)2-3-8(9)10/h2-4H,5,11H2,1H3. The van der Waals surface area contributed by atoms with Gasteiger partial charge < -0.3 is 10.5 Å². The van der Waals surface area contributed by atoms with Crippen molar-refractivity contribution in [2.45, 2.75) is 13.5 Å². The molecule has 0 fully saturated rings. The maximum atomic E-state index is 12.9. The first-order valence-electron chi connectivity index (χ1n) is 3.80. The first-order chi connectivity index (χ1) is 6.13. The molecule has 0 aliphatic rings. The first kappa shape index (κ1) is 9.67. The van der Waals surface area contributed by atoms with Gasteiger partial charge in [0.15, 0.2) is 11.6 Å². The molecule has 1 aromatic rings. The number of carbonyl (C=O) groups excluding carboxylic acids is 1. The van der Waals surface area contributed by atoms with Crippen LogP contribution in [0.4, 0.5) is 4.39 Å². The van der Waals surface area contributed by atoms with Crippen molar-refractivity contribution in [2.24, 2.45) is 5.73 Å². The summed E-state index contributed by atoms with van der Waals surface area (Å²) in [5.41, 5.74) is 6.06. The van der Waals surface area contributed by atoms with Crippen LogP contribution in [0.5, 0.6) is 5.75 Å². The highest BCUT2D eigenvalue weighted by molar-refractivity contribution is 5.69. The number of benzene rings is 1. The Kier molecular flexibility index (Phi) is 2.97. The number of ether oxygens (including phenoxy) is 1. The van der Waals surface area contributed by atoms with Gasteiger partial charge in [-0.05, 0) is 17.7 Å². The van der Waals surface area contributed by atoms with Crippen LogP contribution in [0, 0.1) is 5.82 Å². The number of hydrogen-bond donors (Lipinski definition) is 1. The molecular weight excluding hydrogens is 173 g/mol. The second kappa shape index (κ2) is 4.00. The van der Waals surface area contributed by atoms with E-state index < -0.39 is 11.8 Å². The van der Waals surface area contributed by atoms with E-state index in [0.717, 1.165) is 5.56 Å². The molecule has 0 aromatic heterocycles. The zero-order chi connectivity index (χ0) is 9.84. The van der Waals surface area contributed by atoms with Crippen molar-refractivity contribution in [2.75, 3.05) is 0 Å². The van der Waals surface area contributed by atoms with Crippen LogP contribution >= 0.6 is 0 Å². The molecule has 1 rings (SSSR count). The maximum absolute atomic E-state index is 12.9. The highest BCUT2D eigenvalue weighted by Crippen LogP contribution is 2.18. The Morgan fingerprint density at radius 3 is 2.85 bits per heavy atom. The van der Waals surface area contributed by atoms with Crippen LogP contribution in [-0.4, -0.2) is 5.97 Å². The second-order valence-electron chi connectivity index (χ2n) is 2.56. The van der Waals surface area contributed by atoms with Crippen molar-refractivity contribution in [3.05, 3.63) is 29.6 Å². The monoisotopic (exact) mass is 183 g/mol. The predicted molar refractivity (Wildman–Crippen MR) is 45.6 cm³/mol. The van der Waals surface area contributed by atoms with Gasteiger partial charge in [0.05, 0.1) is 0 Å². The molecule has 0 spiro atoms. The summed E-state index contributed by atoms with van der Waals surface area (Å²) >= 11 is 0. The van der Waals surface area contributed by atoms with E-state index in [1.165, 1.54) is 19.1 Å². The minimum atomic E-state index is -0.563. The molecule has 0 bridgehead atoms. The van der Waals surface area contributed by atoms with Gasteiger partial charge in [0.25, 0.3) is 0 Å². The summed E-state index contributed by atoms with van der Waals surface area (Å²) in [6, 6.07) is 4.18. The maximum Gasteiger partial charge on any atom is 0.308 e. The van der Waals surface area contributed by atoms with Crippen molar-refractivity contribution in [1.29, 1.82) is 0 Å². The summed E-state index contributed by atoms with van der Waals surface area (Å²) < 4.78 is 17.6. The zero-order valence-corrected chi connectivity index (χ0v) is 7.21. The Morgan fingerprint density at radius 2 is 2.31 bits per heavy atom. The lowest BCUT2D eigenvalue weighted by molar-refractivity contribution is -0.132. The lowest BCUT2D eigenvalue weighted by atomic mass is 10.2. The Hall–Kier alpha value is -1.42. The fraction of sp³-hybridized carbons (Fsp3) is 0.222. The van der Waals surface area contributed by atoms with E-state index >= 15 is 0 Å². The zero-order valence-electron chi connectivity index (χ0n) is 7.21. The van der Waals surface area contributed by atoms with Crippen LogP contribution in [0.15, 0.2) is 18.2 Å². The lowest BCUT2D eigenvalue weighted by Crippen LogP contribution is -2.04. The van der Waals surface area contributed by atoms with E-state index in [1.807, 2.05) is 0 Å². The van der Waals surface area contributed by atoms with Gasteiger partial charge >= 0.3 is 5.97 Å². The van der Waals surface area contributed by atoms with Crippen molar-refractivity contribution >= 4 is 5.97 Å². The first-order valence-corrected chi connectivity index (χ1v) is 3.80. The molecule has 1 aromatic carbocycles. The average Bonchev–Trinajstić information content (AvgIpc) is 2.08. The van der Waals surface area contributed by atoms with Crippen molar-refractivity contribution in [1.82, 2.24) is 0 Å². The summed E-state index contributed by atoms with van der Waals surface area (Å²) in [6.07, 6.45) is 0. The molecule has 0 atom stereocenters. The molecule has 0 radical (unpaired) electrons. The summed E-state index contributed by atoms with van der Waals surface area (Å²) in [6.45, 7) is 1.50. The fourth-order valence-electron chi connectivity index (χ4n) is 0.908. The fourth-order valence-corrected chi connectivity index (χ4v) is 0.908. The van der Waals surface area contributed by atoms with E-state index in [4.69, 9.17) is 5.73 Å². The average molecular weight is 183 g/mol. The molecule has 4 heteroatoms. The van der Waals surface area contributed by atoms with E-state index in [1.54, 1.807) is 6.07 Å². The molecule has 70 valence electrons. The van der Waals surface area contributed by atoms with Crippen LogP contribution in [0.3, 0.4) is 0 Å². The minimum absolute atomic E-state index is 0.0737. The lowest BCUT2D eigenvalue weighted by Gasteiger charge is -2.04. The second-order valence-corrected chi connectivity index (χ2v) is 2.56. The van der Waals surface area contributed by atoms with E-state index in [-0.39, 0.29) is 12.3 Å². The molecule has 13 heavy (non-hydrogen) atoms. The van der Waals surface area contributed by atoms with Crippen LogP contribution < -0.4 is 10.5 Å². The quantitative estimate of drug-likeness (QED) is 0.553. The van der Waals surface area contributed by atoms with E-state index in [0.29, 0.717) is 0 Å². The van der Waals surface area contributed by atoms with Crippen LogP contribution in [0.2, 0.25) is 0 Å². The highest BCUT2D eigenvalue weighted by atomic mass is 19.1. The Bertz CT molecular complexity index is 325. The largest absolute Gasteiger partial charge is 0.424 e. The van der Waals surface area contributed by atoms with Gasteiger partial charge in [0.2, 0.25) is 0 Å². The number of hydrogen-bond acceptors (Lipinski definition) is 3. The molecule has 0 unspecified atom stereocenters. The molecular formula is C9H10FNO2. The van der Waals surface area contributed by atoms with Gasteiger partial charge in [-0.3, -0.25) is 4.79 Å². The van der Waals surface area contributed by atoms with Gasteiger partial charge in [-0.25, -0.2) is 4.39 Å². The number of esters is 1. The van der Waals surface area contributed by atoms with Gasteiger partial charge in [-0.1, -0.05) is 6.07 Å². The molecule has 0 heterocycles. The Labute approximate surface area is 75.3 Å². The van der Waals surface area contributed by atoms with Crippen LogP contribution in [0.25, 0.3) is 0 Å². The molecule has 3 nitrogen and oxygen atoms in total. The predicted octanol–water partition coefficient (Wildman–Crippen LogP) is 1.21. The smallest absolute Gasteiger partial charge is 0.308 e. The topological polar surface area (TPSA) is 52.3 Å². The van der Waals surface area contributed by atoms with Gasteiger partial charge in [-0.15, -0.1) is 0 Å². The highest BCUT2D eigenvalue weighted by Gasteiger charge is 2.06.